The van der Waals surface area contributed by atoms with Crippen molar-refractivity contribution in [3.8, 4) is 28.2 Å². The molecular formula is C23H16F4N8. The van der Waals surface area contributed by atoms with Crippen molar-refractivity contribution in [1.82, 2.24) is 34.5 Å². The van der Waals surface area contributed by atoms with Crippen LogP contribution in [-0.4, -0.2) is 34.5 Å². The van der Waals surface area contributed by atoms with Crippen molar-refractivity contribution in [3.05, 3.63) is 85.0 Å². The van der Waals surface area contributed by atoms with Gasteiger partial charge in [0.05, 0.1) is 17.1 Å². The molecular weight excluding hydrogens is 464 g/mol. The number of nitrogens with one attached hydrogen (secondary N) is 1. The molecule has 0 spiro atoms. The molecule has 0 bridgehead atoms. The number of rotatable bonds is 5. The van der Waals surface area contributed by atoms with Gasteiger partial charge in [-0.15, -0.1) is 5.10 Å². The Balaban J connectivity index is 1.37. The summed E-state index contributed by atoms with van der Waals surface area (Å²) in [4.78, 5) is 12.0. The van der Waals surface area contributed by atoms with E-state index in [1.165, 1.54) is 12.1 Å². The molecule has 0 aliphatic rings. The van der Waals surface area contributed by atoms with Crippen LogP contribution in [0.25, 0.3) is 28.2 Å². The standard InChI is InChI=1S/C23H16F4N8/c1-34-20(7-9-30-34)15-10-14(11-16(24)12-15)19-6-8-28-22(32-19)31-17-2-4-18(5-3-17)35-13-29-21(33-35)23(25,26)27/h2-13H,1H3,(H,28,31,32). The van der Waals surface area contributed by atoms with E-state index in [9.17, 15) is 17.6 Å². The molecule has 5 aromatic rings. The van der Waals surface area contributed by atoms with Gasteiger partial charge in [0.1, 0.15) is 12.1 Å². The third kappa shape index (κ3) is 4.71. The van der Waals surface area contributed by atoms with Gasteiger partial charge >= 0.3 is 6.18 Å². The van der Waals surface area contributed by atoms with Gasteiger partial charge in [-0.1, -0.05) is 0 Å². The van der Waals surface area contributed by atoms with Crippen molar-refractivity contribution < 1.29 is 17.6 Å². The lowest BCUT2D eigenvalue weighted by molar-refractivity contribution is -0.144. The maximum atomic E-state index is 14.4. The van der Waals surface area contributed by atoms with E-state index in [1.54, 1.807) is 60.5 Å². The molecule has 2 aromatic carbocycles. The van der Waals surface area contributed by atoms with Crippen molar-refractivity contribution in [3.63, 3.8) is 0 Å². The molecule has 0 amide bonds. The van der Waals surface area contributed by atoms with E-state index in [1.807, 2.05) is 6.07 Å². The summed E-state index contributed by atoms with van der Waals surface area (Å²) in [5, 5.41) is 10.6. The molecule has 176 valence electrons. The van der Waals surface area contributed by atoms with Crippen LogP contribution in [0.2, 0.25) is 0 Å². The highest BCUT2D eigenvalue weighted by Crippen LogP contribution is 2.28. The second-order valence-electron chi connectivity index (χ2n) is 7.52. The normalized spacial score (nSPS) is 11.6. The third-order valence-electron chi connectivity index (χ3n) is 5.10. The topological polar surface area (TPSA) is 86.3 Å². The van der Waals surface area contributed by atoms with Gasteiger partial charge in [0.2, 0.25) is 5.95 Å². The lowest BCUT2D eigenvalue weighted by Gasteiger charge is -2.09. The minimum Gasteiger partial charge on any atom is -0.324 e. The summed E-state index contributed by atoms with van der Waals surface area (Å²) in [5.74, 6) is -1.36. The summed E-state index contributed by atoms with van der Waals surface area (Å²) in [6.07, 6.45) is -0.441. The molecule has 0 aliphatic heterocycles. The molecule has 0 fully saturated rings. The van der Waals surface area contributed by atoms with Crippen LogP contribution in [0.3, 0.4) is 0 Å². The second-order valence-corrected chi connectivity index (χ2v) is 7.52. The largest absolute Gasteiger partial charge is 0.453 e. The Bertz CT molecular complexity index is 1490. The van der Waals surface area contributed by atoms with E-state index in [4.69, 9.17) is 0 Å². The molecule has 3 aromatic heterocycles. The number of anilines is 2. The lowest BCUT2D eigenvalue weighted by atomic mass is 10.1. The van der Waals surface area contributed by atoms with Crippen LogP contribution in [0.4, 0.5) is 29.2 Å². The molecule has 0 saturated heterocycles. The third-order valence-corrected chi connectivity index (χ3v) is 5.10. The summed E-state index contributed by atoms with van der Waals surface area (Å²) < 4.78 is 55.2. The Hall–Kier alpha value is -4.61. The minimum atomic E-state index is -4.62. The maximum Gasteiger partial charge on any atom is 0.453 e. The molecule has 12 heteroatoms. The van der Waals surface area contributed by atoms with Crippen molar-refractivity contribution in [2.45, 2.75) is 6.18 Å². The van der Waals surface area contributed by atoms with E-state index in [2.05, 4.69) is 30.5 Å². The fourth-order valence-electron chi connectivity index (χ4n) is 3.47. The van der Waals surface area contributed by atoms with Gasteiger partial charge < -0.3 is 5.32 Å². The number of hydrogen-bond acceptors (Lipinski definition) is 6. The molecule has 5 rings (SSSR count). The highest BCUT2D eigenvalue weighted by atomic mass is 19.4. The number of benzene rings is 2. The number of alkyl halides is 3. The van der Waals surface area contributed by atoms with E-state index in [0.717, 1.165) is 16.7 Å². The fourth-order valence-corrected chi connectivity index (χ4v) is 3.47. The number of aryl methyl sites for hydroxylation is 1. The zero-order valence-electron chi connectivity index (χ0n) is 18.1. The van der Waals surface area contributed by atoms with Crippen LogP contribution in [0.1, 0.15) is 5.82 Å². The van der Waals surface area contributed by atoms with Gasteiger partial charge in [0, 0.05) is 36.3 Å². The first-order valence-corrected chi connectivity index (χ1v) is 10.2. The van der Waals surface area contributed by atoms with E-state index in [-0.39, 0.29) is 5.95 Å². The van der Waals surface area contributed by atoms with Crippen LogP contribution in [0.5, 0.6) is 0 Å². The predicted octanol–water partition coefficient (Wildman–Crippen LogP) is 5.03. The van der Waals surface area contributed by atoms with Crippen LogP contribution >= 0.6 is 0 Å². The van der Waals surface area contributed by atoms with Crippen molar-refractivity contribution in [2.75, 3.05) is 5.32 Å². The van der Waals surface area contributed by atoms with E-state index < -0.39 is 17.8 Å². The number of hydrogen-bond donors (Lipinski definition) is 1. The smallest absolute Gasteiger partial charge is 0.324 e. The summed E-state index contributed by atoms with van der Waals surface area (Å²) in [7, 11) is 1.77. The molecule has 0 unspecified atom stereocenters. The van der Waals surface area contributed by atoms with Crippen LogP contribution in [0, 0.1) is 5.82 Å². The monoisotopic (exact) mass is 480 g/mol. The average Bonchev–Trinajstić information content (AvgIpc) is 3.49. The number of halogens is 4. The first kappa shape index (κ1) is 22.2. The van der Waals surface area contributed by atoms with Crippen LogP contribution in [0.15, 0.2) is 73.3 Å². The highest BCUT2D eigenvalue weighted by Gasteiger charge is 2.35. The zero-order valence-corrected chi connectivity index (χ0v) is 18.1. The first-order chi connectivity index (χ1) is 16.8. The van der Waals surface area contributed by atoms with Gasteiger partial charge in [0.25, 0.3) is 5.82 Å². The van der Waals surface area contributed by atoms with Crippen molar-refractivity contribution in [2.24, 2.45) is 7.05 Å². The van der Waals surface area contributed by atoms with E-state index >= 15 is 0 Å². The Morgan fingerprint density at radius 3 is 2.34 bits per heavy atom. The lowest BCUT2D eigenvalue weighted by Crippen LogP contribution is -2.08. The summed E-state index contributed by atoms with van der Waals surface area (Å²) in [5.41, 5.74) is 3.48. The Kier molecular flexibility index (Phi) is 5.47. The average molecular weight is 480 g/mol. The second kappa shape index (κ2) is 8.63. The van der Waals surface area contributed by atoms with Gasteiger partial charge in [0.15, 0.2) is 0 Å². The SMILES string of the molecule is Cn1nccc1-c1cc(F)cc(-c2ccnc(Nc3ccc(-n4cnc(C(F)(F)F)n4)cc3)n2)c1. The number of aromatic nitrogens is 7. The highest BCUT2D eigenvalue weighted by molar-refractivity contribution is 5.70. The summed E-state index contributed by atoms with van der Waals surface area (Å²) in [6, 6.07) is 14.5. The molecule has 1 N–H and O–H groups in total. The van der Waals surface area contributed by atoms with Crippen LogP contribution in [-0.2, 0) is 13.2 Å². The molecule has 8 nitrogen and oxygen atoms in total. The van der Waals surface area contributed by atoms with E-state index in [0.29, 0.717) is 28.2 Å². The molecule has 0 radical (unpaired) electrons. The molecule has 0 aliphatic carbocycles. The Labute approximate surface area is 195 Å². The summed E-state index contributed by atoms with van der Waals surface area (Å²) in [6.45, 7) is 0. The fraction of sp³-hybridized carbons (Fsp3) is 0.0870. The molecule has 35 heavy (non-hydrogen) atoms. The zero-order chi connectivity index (χ0) is 24.6. The van der Waals surface area contributed by atoms with Gasteiger partial charge in [-0.2, -0.15) is 18.3 Å². The molecule has 3 heterocycles. The van der Waals surface area contributed by atoms with Crippen LogP contribution < -0.4 is 5.32 Å². The van der Waals surface area contributed by atoms with Gasteiger partial charge in [-0.25, -0.2) is 24.0 Å². The Morgan fingerprint density at radius 1 is 0.886 bits per heavy atom. The molecule has 0 saturated carbocycles. The van der Waals surface area contributed by atoms with Crippen molar-refractivity contribution in [1.29, 1.82) is 0 Å². The summed E-state index contributed by atoms with van der Waals surface area (Å²) >= 11 is 0. The molecule has 0 atom stereocenters. The quantitative estimate of drug-likeness (QED) is 0.355. The number of nitrogens with zero attached hydrogens (tertiary/aromatic N) is 7. The van der Waals surface area contributed by atoms with Crippen molar-refractivity contribution >= 4 is 11.6 Å². The minimum absolute atomic E-state index is 0.265. The first-order valence-electron chi connectivity index (χ1n) is 10.2. The Morgan fingerprint density at radius 2 is 1.66 bits per heavy atom. The maximum absolute atomic E-state index is 14.4. The van der Waals surface area contributed by atoms with Gasteiger partial charge in [-0.05, 0) is 54.6 Å². The van der Waals surface area contributed by atoms with Gasteiger partial charge in [-0.3, -0.25) is 4.68 Å². The predicted molar refractivity (Wildman–Crippen MR) is 119 cm³/mol.